The first-order valence-corrected chi connectivity index (χ1v) is 9.93. The Balaban J connectivity index is 1.74. The minimum Gasteiger partial charge on any atom is -0.288 e. The normalized spacial score (nSPS) is 11.3. The summed E-state index contributed by atoms with van der Waals surface area (Å²) in [6, 6.07) is 18.9. The molecule has 2 heterocycles. The van der Waals surface area contributed by atoms with E-state index < -0.39 is 5.69 Å². The number of hydrogen-bond donors (Lipinski definition) is 0. The summed E-state index contributed by atoms with van der Waals surface area (Å²) in [6.45, 7) is 1.87. The topological polar surface area (TPSA) is 60.6 Å². The maximum atomic E-state index is 12.9. The number of fused-ring (bicyclic) bond motifs is 1. The Hall–Kier alpha value is -3.51. The third kappa shape index (κ3) is 3.75. The quantitative estimate of drug-likeness (QED) is 0.377. The summed E-state index contributed by atoms with van der Waals surface area (Å²) in [5.41, 5.74) is 1.46. The van der Waals surface area contributed by atoms with Gasteiger partial charge < -0.3 is 0 Å². The molecule has 0 saturated carbocycles. The summed E-state index contributed by atoms with van der Waals surface area (Å²) in [7, 11) is 0. The fourth-order valence-electron chi connectivity index (χ4n) is 3.10. The molecule has 2 aromatic carbocycles. The number of ketones is 1. The van der Waals surface area contributed by atoms with E-state index in [2.05, 4.69) is 0 Å². The van der Waals surface area contributed by atoms with E-state index in [1.165, 1.54) is 21.2 Å². The molecular weight excluding hydrogens is 384 g/mol. The Morgan fingerprint density at radius 1 is 1.00 bits per heavy atom. The largest absolute Gasteiger partial charge is 0.336 e. The van der Waals surface area contributed by atoms with E-state index in [0.717, 1.165) is 22.5 Å². The van der Waals surface area contributed by atoms with Crippen molar-refractivity contribution >= 4 is 28.0 Å². The summed E-state index contributed by atoms with van der Waals surface area (Å²) in [5, 5.41) is 0. The highest BCUT2D eigenvalue weighted by atomic mass is 32.1. The first kappa shape index (κ1) is 18.8. The molecule has 144 valence electrons. The van der Waals surface area contributed by atoms with Gasteiger partial charge in [0, 0.05) is 11.8 Å². The van der Waals surface area contributed by atoms with Gasteiger partial charge in [-0.1, -0.05) is 66.7 Å². The lowest BCUT2D eigenvalue weighted by molar-refractivity contribution is 0.105. The second-order valence-corrected chi connectivity index (χ2v) is 7.69. The van der Waals surface area contributed by atoms with Gasteiger partial charge in [-0.15, -0.1) is 11.3 Å². The Morgan fingerprint density at radius 3 is 2.34 bits per heavy atom. The average Bonchev–Trinajstić information content (AvgIpc) is 3.21. The van der Waals surface area contributed by atoms with E-state index >= 15 is 0 Å². The van der Waals surface area contributed by atoms with E-state index in [1.807, 2.05) is 60.7 Å². The molecule has 0 spiro atoms. The van der Waals surface area contributed by atoms with Gasteiger partial charge >= 0.3 is 5.69 Å². The number of hydrogen-bond acceptors (Lipinski definition) is 4. The number of aromatic nitrogens is 2. The van der Waals surface area contributed by atoms with Crippen molar-refractivity contribution < 1.29 is 4.79 Å². The molecule has 4 rings (SSSR count). The highest BCUT2D eigenvalue weighted by Crippen LogP contribution is 2.19. The van der Waals surface area contributed by atoms with Crippen molar-refractivity contribution in [2.75, 3.05) is 0 Å². The summed E-state index contributed by atoms with van der Waals surface area (Å²) in [6.07, 6.45) is 4.74. The summed E-state index contributed by atoms with van der Waals surface area (Å²) < 4.78 is 2.60. The zero-order valence-corrected chi connectivity index (χ0v) is 16.6. The molecule has 0 unspecified atom stereocenters. The molecule has 0 N–H and O–H groups in total. The van der Waals surface area contributed by atoms with Crippen LogP contribution in [0.5, 0.6) is 0 Å². The molecule has 0 fully saturated rings. The smallest absolute Gasteiger partial charge is 0.288 e. The SMILES string of the molecule is Cc1c(=O)n(Cc2ccccc2)c(=O)n2cc(C(=O)/C=C/c3ccccc3)sc12. The number of nitrogens with zero attached hydrogens (tertiary/aromatic N) is 2. The van der Waals surface area contributed by atoms with Crippen LogP contribution >= 0.6 is 11.3 Å². The molecule has 0 aliphatic heterocycles. The molecule has 29 heavy (non-hydrogen) atoms. The van der Waals surface area contributed by atoms with Crippen LogP contribution in [0.25, 0.3) is 10.9 Å². The third-order valence-corrected chi connectivity index (χ3v) is 5.87. The summed E-state index contributed by atoms with van der Waals surface area (Å²) >= 11 is 1.16. The molecule has 0 atom stereocenters. The number of thiazole rings is 1. The first-order chi connectivity index (χ1) is 14.0. The average molecular weight is 402 g/mol. The Morgan fingerprint density at radius 2 is 1.66 bits per heavy atom. The zero-order chi connectivity index (χ0) is 20.4. The molecule has 0 amide bonds. The number of aryl methyl sites for hydroxylation is 1. The number of benzene rings is 2. The van der Waals surface area contributed by atoms with Crippen LogP contribution < -0.4 is 11.2 Å². The molecule has 0 radical (unpaired) electrons. The van der Waals surface area contributed by atoms with Crippen molar-refractivity contribution in [2.45, 2.75) is 13.5 Å². The first-order valence-electron chi connectivity index (χ1n) is 9.11. The molecule has 6 heteroatoms. The van der Waals surface area contributed by atoms with Crippen LogP contribution in [0.3, 0.4) is 0 Å². The minimum atomic E-state index is -0.443. The second-order valence-electron chi connectivity index (χ2n) is 6.66. The number of rotatable bonds is 5. The van der Waals surface area contributed by atoms with E-state index in [-0.39, 0.29) is 17.9 Å². The van der Waals surface area contributed by atoms with Crippen molar-refractivity contribution in [1.29, 1.82) is 0 Å². The molecule has 2 aromatic heterocycles. The molecule has 5 nitrogen and oxygen atoms in total. The van der Waals surface area contributed by atoms with Crippen LogP contribution in [0.4, 0.5) is 0 Å². The van der Waals surface area contributed by atoms with Crippen molar-refractivity contribution in [2.24, 2.45) is 0 Å². The molecule has 0 bridgehead atoms. The Bertz CT molecular complexity index is 1330. The van der Waals surface area contributed by atoms with Crippen molar-refractivity contribution in [1.82, 2.24) is 8.97 Å². The fraction of sp³-hybridized carbons (Fsp3) is 0.0870. The third-order valence-electron chi connectivity index (χ3n) is 4.65. The van der Waals surface area contributed by atoms with Gasteiger partial charge in [-0.3, -0.25) is 18.6 Å². The van der Waals surface area contributed by atoms with Gasteiger partial charge in [-0.05, 0) is 24.1 Å². The maximum absolute atomic E-state index is 12.9. The highest BCUT2D eigenvalue weighted by Gasteiger charge is 2.16. The predicted molar refractivity (Wildman–Crippen MR) is 116 cm³/mol. The lowest BCUT2D eigenvalue weighted by atomic mass is 10.2. The summed E-state index contributed by atoms with van der Waals surface area (Å²) in [4.78, 5) is 39.2. The van der Waals surface area contributed by atoms with Gasteiger partial charge in [-0.2, -0.15) is 0 Å². The zero-order valence-electron chi connectivity index (χ0n) is 15.7. The van der Waals surface area contributed by atoms with Crippen molar-refractivity contribution in [3.05, 3.63) is 115 Å². The van der Waals surface area contributed by atoms with E-state index in [1.54, 1.807) is 13.0 Å². The predicted octanol–water partition coefficient (Wildman–Crippen LogP) is 3.78. The van der Waals surface area contributed by atoms with Crippen LogP contribution in [0.2, 0.25) is 0 Å². The Labute approximate surface area is 170 Å². The lowest BCUT2D eigenvalue weighted by Gasteiger charge is -2.07. The monoisotopic (exact) mass is 402 g/mol. The molecule has 0 aliphatic carbocycles. The summed E-state index contributed by atoms with van der Waals surface area (Å²) in [5.74, 6) is -0.205. The van der Waals surface area contributed by atoms with Crippen LogP contribution in [0, 0.1) is 6.92 Å². The molecule has 0 aliphatic rings. The second kappa shape index (κ2) is 7.85. The van der Waals surface area contributed by atoms with Crippen LogP contribution in [-0.2, 0) is 6.54 Å². The van der Waals surface area contributed by atoms with Gasteiger partial charge in [-0.25, -0.2) is 4.79 Å². The number of allylic oxidation sites excluding steroid dienone is 1. The lowest BCUT2D eigenvalue weighted by Crippen LogP contribution is -2.38. The Kier molecular flexibility index (Phi) is 5.10. The van der Waals surface area contributed by atoms with E-state index in [9.17, 15) is 14.4 Å². The minimum absolute atomic E-state index is 0.190. The van der Waals surface area contributed by atoms with Gasteiger partial charge in [0.1, 0.15) is 4.83 Å². The van der Waals surface area contributed by atoms with Crippen LogP contribution in [0.1, 0.15) is 26.4 Å². The van der Waals surface area contributed by atoms with Gasteiger partial charge in [0.05, 0.1) is 11.4 Å². The van der Waals surface area contributed by atoms with Gasteiger partial charge in [0.2, 0.25) is 0 Å². The number of carbonyl (C=O) groups excluding carboxylic acids is 1. The molecule has 0 saturated heterocycles. The molecule has 4 aromatic rings. The van der Waals surface area contributed by atoms with Gasteiger partial charge in [0.15, 0.2) is 5.78 Å². The van der Waals surface area contributed by atoms with E-state index in [0.29, 0.717) is 15.3 Å². The van der Waals surface area contributed by atoms with Crippen LogP contribution in [-0.4, -0.2) is 14.8 Å². The van der Waals surface area contributed by atoms with Gasteiger partial charge in [0.25, 0.3) is 5.56 Å². The van der Waals surface area contributed by atoms with Crippen molar-refractivity contribution in [3.63, 3.8) is 0 Å². The molecular formula is C23H18N2O3S. The fourth-order valence-corrected chi connectivity index (χ4v) is 4.11. The van der Waals surface area contributed by atoms with Crippen LogP contribution in [0.15, 0.2) is 82.5 Å². The standard InChI is InChI=1S/C23H18N2O3S/c1-16-21(27)24(14-18-10-6-3-7-11-18)23(28)25-15-20(29-22(16)25)19(26)13-12-17-8-4-2-5-9-17/h2-13,15H,14H2,1H3/b13-12+. The van der Waals surface area contributed by atoms with Crippen molar-refractivity contribution in [3.8, 4) is 0 Å². The maximum Gasteiger partial charge on any atom is 0.336 e. The number of carbonyl (C=O) groups is 1. The van der Waals surface area contributed by atoms with E-state index in [4.69, 9.17) is 0 Å². The highest BCUT2D eigenvalue weighted by molar-refractivity contribution is 7.19.